The van der Waals surface area contributed by atoms with E-state index in [2.05, 4.69) is 10.4 Å². The van der Waals surface area contributed by atoms with Crippen molar-refractivity contribution < 1.29 is 9.47 Å². The van der Waals surface area contributed by atoms with E-state index in [-0.39, 0.29) is 6.04 Å². The molecule has 5 nitrogen and oxygen atoms in total. The van der Waals surface area contributed by atoms with Gasteiger partial charge >= 0.3 is 0 Å². The minimum atomic E-state index is -0.0263. The number of pyridine rings is 1. The number of hydrogen-bond donors (Lipinski definition) is 2. The Hall–Kier alpha value is -2.11. The molecule has 1 unspecified atom stereocenters. The van der Waals surface area contributed by atoms with Crippen LogP contribution in [0.4, 0.5) is 0 Å². The zero-order valence-electron chi connectivity index (χ0n) is 12.2. The highest BCUT2D eigenvalue weighted by Gasteiger charge is 2.11. The summed E-state index contributed by atoms with van der Waals surface area (Å²) in [7, 11) is 0. The first-order valence-electron chi connectivity index (χ1n) is 7.05. The molecule has 1 heterocycles. The Bertz CT molecular complexity index is 534. The van der Waals surface area contributed by atoms with Crippen molar-refractivity contribution in [2.45, 2.75) is 19.4 Å². The fourth-order valence-electron chi connectivity index (χ4n) is 2.03. The van der Waals surface area contributed by atoms with Crippen molar-refractivity contribution in [1.82, 2.24) is 10.4 Å². The van der Waals surface area contributed by atoms with E-state index in [1.165, 1.54) is 0 Å². The number of nitrogens with two attached hydrogens (primary N) is 1. The molecule has 112 valence electrons. The number of hydrazine groups is 1. The Labute approximate surface area is 125 Å². The average Bonchev–Trinajstić information content (AvgIpc) is 2.53. The maximum Gasteiger partial charge on any atom is 0.137 e. The van der Waals surface area contributed by atoms with Crippen LogP contribution in [-0.4, -0.2) is 18.2 Å². The van der Waals surface area contributed by atoms with Gasteiger partial charge in [-0.3, -0.25) is 16.3 Å². The van der Waals surface area contributed by atoms with Crippen LogP contribution in [0.3, 0.4) is 0 Å². The molecule has 2 aromatic rings. The smallest absolute Gasteiger partial charge is 0.137 e. The summed E-state index contributed by atoms with van der Waals surface area (Å²) in [6.07, 6.45) is 4.22. The number of nitrogens with zero attached hydrogens (tertiary/aromatic N) is 1. The third kappa shape index (κ3) is 4.73. The summed E-state index contributed by atoms with van der Waals surface area (Å²) in [4.78, 5) is 4.18. The maximum absolute atomic E-state index is 5.69. The molecule has 2 rings (SSSR count). The highest BCUT2D eigenvalue weighted by atomic mass is 16.5. The standard InChI is InChI=1S/C16H21N3O2/c1-2-20-15-10-13(11-18-12-15)16(19-17)8-9-21-14-6-4-3-5-7-14/h3-7,10-12,16,19H,2,8-9,17H2,1H3. The van der Waals surface area contributed by atoms with Crippen molar-refractivity contribution >= 4 is 0 Å². The van der Waals surface area contributed by atoms with Gasteiger partial charge in [0, 0.05) is 12.6 Å². The first-order chi connectivity index (χ1) is 10.3. The van der Waals surface area contributed by atoms with Crippen molar-refractivity contribution in [1.29, 1.82) is 0 Å². The fraction of sp³-hybridized carbons (Fsp3) is 0.312. The van der Waals surface area contributed by atoms with Crippen molar-refractivity contribution in [2.24, 2.45) is 5.84 Å². The summed E-state index contributed by atoms with van der Waals surface area (Å²) in [6.45, 7) is 3.12. The number of benzene rings is 1. The Morgan fingerprint density at radius 3 is 2.67 bits per heavy atom. The van der Waals surface area contributed by atoms with E-state index in [0.29, 0.717) is 13.2 Å². The second-order valence-corrected chi connectivity index (χ2v) is 4.56. The van der Waals surface area contributed by atoms with Gasteiger partial charge in [0.1, 0.15) is 11.5 Å². The van der Waals surface area contributed by atoms with Crippen LogP contribution in [0.2, 0.25) is 0 Å². The lowest BCUT2D eigenvalue weighted by atomic mass is 10.1. The number of nitrogens with one attached hydrogen (secondary N) is 1. The van der Waals surface area contributed by atoms with E-state index in [0.717, 1.165) is 23.5 Å². The number of aromatic nitrogens is 1. The Morgan fingerprint density at radius 1 is 1.14 bits per heavy atom. The van der Waals surface area contributed by atoms with E-state index < -0.39 is 0 Å². The quantitative estimate of drug-likeness (QED) is 0.576. The summed E-state index contributed by atoms with van der Waals surface area (Å²) in [5.41, 5.74) is 3.78. The van der Waals surface area contributed by atoms with Gasteiger partial charge in [0.25, 0.3) is 0 Å². The van der Waals surface area contributed by atoms with Crippen molar-refractivity contribution in [3.05, 3.63) is 54.4 Å². The van der Waals surface area contributed by atoms with Crippen LogP contribution in [0.25, 0.3) is 0 Å². The van der Waals surface area contributed by atoms with Crippen molar-refractivity contribution in [3.63, 3.8) is 0 Å². The second-order valence-electron chi connectivity index (χ2n) is 4.56. The van der Waals surface area contributed by atoms with E-state index >= 15 is 0 Å². The summed E-state index contributed by atoms with van der Waals surface area (Å²) in [5, 5.41) is 0. The van der Waals surface area contributed by atoms with Gasteiger partial charge in [0.05, 0.1) is 25.5 Å². The lowest BCUT2D eigenvalue weighted by Gasteiger charge is -2.17. The highest BCUT2D eigenvalue weighted by Crippen LogP contribution is 2.20. The number of ether oxygens (including phenoxy) is 2. The molecule has 3 N–H and O–H groups in total. The third-order valence-electron chi connectivity index (χ3n) is 3.07. The monoisotopic (exact) mass is 287 g/mol. The Kier molecular flexibility index (Phi) is 5.99. The topological polar surface area (TPSA) is 69.4 Å². The van der Waals surface area contributed by atoms with E-state index in [9.17, 15) is 0 Å². The molecule has 0 aliphatic carbocycles. The van der Waals surface area contributed by atoms with Crippen LogP contribution in [0.15, 0.2) is 48.8 Å². The predicted octanol–water partition coefficient (Wildman–Crippen LogP) is 2.45. The molecular formula is C16H21N3O2. The third-order valence-corrected chi connectivity index (χ3v) is 3.07. The van der Waals surface area contributed by atoms with Gasteiger partial charge in [-0.25, -0.2) is 0 Å². The lowest BCUT2D eigenvalue weighted by Crippen LogP contribution is -2.29. The molecule has 1 atom stereocenters. The summed E-state index contributed by atoms with van der Waals surface area (Å²) in [5.74, 6) is 7.24. The molecule has 21 heavy (non-hydrogen) atoms. The summed E-state index contributed by atoms with van der Waals surface area (Å²) >= 11 is 0. The molecule has 0 aliphatic heterocycles. The minimum absolute atomic E-state index is 0.0263. The normalized spacial score (nSPS) is 11.9. The average molecular weight is 287 g/mol. The summed E-state index contributed by atoms with van der Waals surface area (Å²) in [6, 6.07) is 11.6. The molecule has 0 fully saturated rings. The largest absolute Gasteiger partial charge is 0.494 e. The van der Waals surface area contributed by atoms with Crippen LogP contribution in [0.1, 0.15) is 24.9 Å². The SMILES string of the molecule is CCOc1cncc(C(CCOc2ccccc2)NN)c1. The van der Waals surface area contributed by atoms with Gasteiger partial charge in [-0.15, -0.1) is 0 Å². The maximum atomic E-state index is 5.69. The minimum Gasteiger partial charge on any atom is -0.494 e. The van der Waals surface area contributed by atoms with E-state index in [4.69, 9.17) is 15.3 Å². The van der Waals surface area contributed by atoms with Crippen molar-refractivity contribution in [3.8, 4) is 11.5 Å². The van der Waals surface area contributed by atoms with Gasteiger partial charge in [0.15, 0.2) is 0 Å². The van der Waals surface area contributed by atoms with Crippen molar-refractivity contribution in [2.75, 3.05) is 13.2 Å². The van der Waals surface area contributed by atoms with Crippen LogP contribution >= 0.6 is 0 Å². The molecule has 0 aliphatic rings. The molecule has 0 saturated carbocycles. The second kappa shape index (κ2) is 8.24. The highest BCUT2D eigenvalue weighted by molar-refractivity contribution is 5.26. The number of para-hydroxylation sites is 1. The van der Waals surface area contributed by atoms with Gasteiger partial charge < -0.3 is 9.47 Å². The molecular weight excluding hydrogens is 266 g/mol. The molecule has 5 heteroatoms. The van der Waals surface area contributed by atoms with Gasteiger partial charge in [-0.05, 0) is 30.7 Å². The van der Waals surface area contributed by atoms with Crippen LogP contribution in [0.5, 0.6) is 11.5 Å². The Morgan fingerprint density at radius 2 is 1.95 bits per heavy atom. The van der Waals surface area contributed by atoms with Crippen LogP contribution in [-0.2, 0) is 0 Å². The summed E-state index contributed by atoms with van der Waals surface area (Å²) < 4.78 is 11.1. The molecule has 0 bridgehead atoms. The lowest BCUT2D eigenvalue weighted by molar-refractivity contribution is 0.286. The predicted molar refractivity (Wildman–Crippen MR) is 82.0 cm³/mol. The van der Waals surface area contributed by atoms with E-state index in [1.54, 1.807) is 12.4 Å². The first-order valence-corrected chi connectivity index (χ1v) is 7.05. The molecule has 0 saturated heterocycles. The fourth-order valence-corrected chi connectivity index (χ4v) is 2.03. The molecule has 0 spiro atoms. The zero-order chi connectivity index (χ0) is 14.9. The van der Waals surface area contributed by atoms with Gasteiger partial charge in [0.2, 0.25) is 0 Å². The molecule has 0 radical (unpaired) electrons. The number of hydrogen-bond acceptors (Lipinski definition) is 5. The molecule has 1 aromatic carbocycles. The first kappa shape index (κ1) is 15.3. The van der Waals surface area contributed by atoms with E-state index in [1.807, 2.05) is 43.3 Å². The number of rotatable bonds is 8. The van der Waals surface area contributed by atoms with Gasteiger partial charge in [-0.1, -0.05) is 18.2 Å². The van der Waals surface area contributed by atoms with Gasteiger partial charge in [-0.2, -0.15) is 0 Å². The zero-order valence-corrected chi connectivity index (χ0v) is 12.2. The molecule has 0 amide bonds. The Balaban J connectivity index is 1.91. The molecule has 1 aromatic heterocycles. The van der Waals surface area contributed by atoms with Crippen LogP contribution in [0, 0.1) is 0 Å². The van der Waals surface area contributed by atoms with Crippen LogP contribution < -0.4 is 20.7 Å².